The van der Waals surface area contributed by atoms with E-state index in [4.69, 9.17) is 5.26 Å². The number of nitriles is 1. The van der Waals surface area contributed by atoms with Gasteiger partial charge >= 0.3 is 0 Å². The van der Waals surface area contributed by atoms with E-state index in [2.05, 4.69) is 35.3 Å². The largest absolute Gasteiger partial charge is 0.356 e. The van der Waals surface area contributed by atoms with Crippen LogP contribution in [0.4, 0.5) is 0 Å². The van der Waals surface area contributed by atoms with E-state index >= 15 is 0 Å². The molecule has 6 nitrogen and oxygen atoms in total. The zero-order chi connectivity index (χ0) is 21.3. The lowest BCUT2D eigenvalue weighted by Gasteiger charge is -2.30. The first kappa shape index (κ1) is 20.2. The van der Waals surface area contributed by atoms with E-state index in [0.29, 0.717) is 37.4 Å². The molecule has 1 N–H and O–H groups in total. The van der Waals surface area contributed by atoms with Crippen molar-refractivity contribution < 1.29 is 9.59 Å². The number of carbonyl (C=O) groups is 2. The van der Waals surface area contributed by atoms with E-state index in [1.807, 2.05) is 29.7 Å². The number of rotatable bonds is 5. The summed E-state index contributed by atoms with van der Waals surface area (Å²) in [6.07, 6.45) is 3.45. The number of fused-ring (bicyclic) bond motifs is 1. The SMILES string of the molecule is CC(C)C(=O)N1C[C@@H]2CN(C(=O)c3cc(C#N)c[nH]3)C[C@]2(CCc2ccccc2)C1. The first-order valence-corrected chi connectivity index (χ1v) is 10.6. The predicted octanol–water partition coefficient (Wildman–Crippen LogP) is 3.08. The maximum absolute atomic E-state index is 13.1. The van der Waals surface area contributed by atoms with Gasteiger partial charge < -0.3 is 14.8 Å². The van der Waals surface area contributed by atoms with Crippen molar-refractivity contribution in [3.63, 3.8) is 0 Å². The summed E-state index contributed by atoms with van der Waals surface area (Å²) < 4.78 is 0. The second-order valence-corrected chi connectivity index (χ2v) is 9.02. The van der Waals surface area contributed by atoms with Gasteiger partial charge in [-0.25, -0.2) is 0 Å². The summed E-state index contributed by atoms with van der Waals surface area (Å²) in [5, 5.41) is 9.04. The lowest BCUT2D eigenvalue weighted by molar-refractivity contribution is -0.134. The summed E-state index contributed by atoms with van der Waals surface area (Å²) in [4.78, 5) is 32.6. The molecule has 2 fully saturated rings. The molecular weight excluding hydrogens is 376 g/mol. The molecule has 0 saturated carbocycles. The fourth-order valence-corrected chi connectivity index (χ4v) is 5.02. The van der Waals surface area contributed by atoms with Crippen molar-refractivity contribution in [2.45, 2.75) is 26.7 Å². The topological polar surface area (TPSA) is 80.2 Å². The van der Waals surface area contributed by atoms with Gasteiger partial charge in [-0.2, -0.15) is 5.26 Å². The average Bonchev–Trinajstić information content (AvgIpc) is 3.44. The molecule has 0 bridgehead atoms. The second-order valence-electron chi connectivity index (χ2n) is 9.02. The van der Waals surface area contributed by atoms with Gasteiger partial charge in [-0.3, -0.25) is 9.59 Å². The molecule has 30 heavy (non-hydrogen) atoms. The lowest BCUT2D eigenvalue weighted by atomic mass is 9.76. The molecule has 2 amide bonds. The molecule has 4 rings (SSSR count). The Hall–Kier alpha value is -3.07. The Morgan fingerprint density at radius 2 is 1.90 bits per heavy atom. The highest BCUT2D eigenvalue weighted by molar-refractivity contribution is 5.93. The van der Waals surface area contributed by atoms with Crippen molar-refractivity contribution in [2.24, 2.45) is 17.3 Å². The number of carbonyl (C=O) groups excluding carboxylic acids is 2. The highest BCUT2D eigenvalue weighted by atomic mass is 16.2. The number of aryl methyl sites for hydroxylation is 1. The number of nitrogens with one attached hydrogen (secondary N) is 1. The Labute approximate surface area is 177 Å². The number of benzene rings is 1. The van der Waals surface area contributed by atoms with Gasteiger partial charge in [-0.05, 0) is 24.5 Å². The molecule has 6 heteroatoms. The third-order valence-corrected chi connectivity index (χ3v) is 6.65. The number of nitrogens with zero attached hydrogens (tertiary/aromatic N) is 3. The third-order valence-electron chi connectivity index (χ3n) is 6.65. The first-order valence-electron chi connectivity index (χ1n) is 10.6. The fraction of sp³-hybridized carbons (Fsp3) is 0.458. The summed E-state index contributed by atoms with van der Waals surface area (Å²) in [7, 11) is 0. The number of hydrogen-bond donors (Lipinski definition) is 1. The van der Waals surface area contributed by atoms with E-state index in [9.17, 15) is 9.59 Å². The van der Waals surface area contributed by atoms with Crippen molar-refractivity contribution in [1.29, 1.82) is 5.26 Å². The van der Waals surface area contributed by atoms with Crippen LogP contribution in [0.2, 0.25) is 0 Å². The van der Waals surface area contributed by atoms with E-state index in [1.54, 1.807) is 12.3 Å². The van der Waals surface area contributed by atoms with Crippen LogP contribution in [-0.2, 0) is 11.2 Å². The van der Waals surface area contributed by atoms with Crippen LogP contribution in [0.1, 0.15) is 41.9 Å². The van der Waals surface area contributed by atoms with Crippen molar-refractivity contribution in [1.82, 2.24) is 14.8 Å². The normalized spacial score (nSPS) is 22.9. The number of hydrogen-bond acceptors (Lipinski definition) is 3. The zero-order valence-corrected chi connectivity index (χ0v) is 17.6. The molecule has 2 aliphatic rings. The first-order chi connectivity index (χ1) is 14.4. The summed E-state index contributed by atoms with van der Waals surface area (Å²) in [6.45, 7) is 6.60. The average molecular weight is 405 g/mol. The van der Waals surface area contributed by atoms with Crippen LogP contribution in [-0.4, -0.2) is 52.8 Å². The highest BCUT2D eigenvalue weighted by Crippen LogP contribution is 2.46. The molecule has 2 aromatic rings. The fourth-order valence-electron chi connectivity index (χ4n) is 5.02. The minimum Gasteiger partial charge on any atom is -0.356 e. The van der Waals surface area contributed by atoms with Crippen LogP contribution in [0.15, 0.2) is 42.6 Å². The molecule has 1 aromatic heterocycles. The van der Waals surface area contributed by atoms with Crippen molar-refractivity contribution >= 4 is 11.8 Å². The van der Waals surface area contributed by atoms with Gasteiger partial charge in [0, 0.05) is 49.6 Å². The highest BCUT2D eigenvalue weighted by Gasteiger charge is 2.54. The van der Waals surface area contributed by atoms with Crippen molar-refractivity contribution in [3.05, 3.63) is 59.4 Å². The van der Waals surface area contributed by atoms with Crippen LogP contribution in [0.25, 0.3) is 0 Å². The Morgan fingerprint density at radius 1 is 1.20 bits per heavy atom. The van der Waals surface area contributed by atoms with Gasteiger partial charge in [0.15, 0.2) is 0 Å². The van der Waals surface area contributed by atoms with E-state index in [1.165, 1.54) is 5.56 Å². The standard InChI is InChI=1S/C24H28N4O2/c1-17(2)22(29)27-13-20-14-28(23(30)21-10-19(11-25)12-26-21)16-24(20,15-27)9-8-18-6-4-3-5-7-18/h3-7,10,12,17,20,26H,8-9,13-16H2,1-2H3/t20-,24+/m1/s1. The Bertz CT molecular complexity index is 975. The van der Waals surface area contributed by atoms with Gasteiger partial charge in [-0.15, -0.1) is 0 Å². The molecule has 0 spiro atoms. The molecule has 1 aromatic carbocycles. The number of aromatic nitrogens is 1. The van der Waals surface area contributed by atoms with Crippen LogP contribution in [0.3, 0.4) is 0 Å². The molecule has 3 heterocycles. The van der Waals surface area contributed by atoms with E-state index < -0.39 is 0 Å². The molecular formula is C24H28N4O2. The van der Waals surface area contributed by atoms with Gasteiger partial charge in [0.05, 0.1) is 5.56 Å². The van der Waals surface area contributed by atoms with Crippen LogP contribution < -0.4 is 0 Å². The minimum absolute atomic E-state index is 0.0175. The maximum atomic E-state index is 13.1. The molecule has 156 valence electrons. The molecule has 2 saturated heterocycles. The molecule has 0 aliphatic carbocycles. The Balaban J connectivity index is 1.54. The smallest absolute Gasteiger partial charge is 0.270 e. The molecule has 0 radical (unpaired) electrons. The van der Waals surface area contributed by atoms with Gasteiger partial charge in [-0.1, -0.05) is 44.2 Å². The summed E-state index contributed by atoms with van der Waals surface area (Å²) >= 11 is 0. The number of aromatic amines is 1. The van der Waals surface area contributed by atoms with Crippen molar-refractivity contribution in [2.75, 3.05) is 26.2 Å². The number of H-pyrrole nitrogens is 1. The molecule has 2 aliphatic heterocycles. The van der Waals surface area contributed by atoms with Gasteiger partial charge in [0.1, 0.15) is 11.8 Å². The zero-order valence-electron chi connectivity index (χ0n) is 17.6. The van der Waals surface area contributed by atoms with Crippen LogP contribution in [0.5, 0.6) is 0 Å². The van der Waals surface area contributed by atoms with E-state index in [0.717, 1.165) is 12.8 Å². The number of likely N-dealkylation sites (tertiary alicyclic amines) is 2. The lowest BCUT2D eigenvalue weighted by Crippen LogP contribution is -2.40. The van der Waals surface area contributed by atoms with Crippen LogP contribution in [0, 0.1) is 28.6 Å². The predicted molar refractivity (Wildman–Crippen MR) is 114 cm³/mol. The maximum Gasteiger partial charge on any atom is 0.270 e. The summed E-state index contributed by atoms with van der Waals surface area (Å²) in [6, 6.07) is 14.1. The van der Waals surface area contributed by atoms with Crippen LogP contribution >= 0.6 is 0 Å². The minimum atomic E-state index is -0.0826. The van der Waals surface area contributed by atoms with Gasteiger partial charge in [0.25, 0.3) is 5.91 Å². The Morgan fingerprint density at radius 3 is 2.57 bits per heavy atom. The summed E-state index contributed by atoms with van der Waals surface area (Å²) in [5.41, 5.74) is 2.12. The summed E-state index contributed by atoms with van der Waals surface area (Å²) in [5.74, 6) is 0.394. The quantitative estimate of drug-likeness (QED) is 0.832. The molecule has 0 unspecified atom stereocenters. The molecule has 2 atom stereocenters. The Kier molecular flexibility index (Phi) is 5.38. The second kappa shape index (κ2) is 7.98. The number of amides is 2. The van der Waals surface area contributed by atoms with Crippen molar-refractivity contribution in [3.8, 4) is 6.07 Å². The van der Waals surface area contributed by atoms with E-state index in [-0.39, 0.29) is 29.1 Å². The third kappa shape index (κ3) is 3.72. The van der Waals surface area contributed by atoms with Gasteiger partial charge in [0.2, 0.25) is 5.91 Å². The monoisotopic (exact) mass is 404 g/mol.